The number of methoxy groups -OCH3 is 3. The molecule has 9 nitrogen and oxygen atoms in total. The molecule has 0 saturated heterocycles. The van der Waals surface area contributed by atoms with Gasteiger partial charge >= 0.3 is 0 Å². The second-order valence-electron chi connectivity index (χ2n) is 5.51. The highest BCUT2D eigenvalue weighted by molar-refractivity contribution is 5.96. The van der Waals surface area contributed by atoms with Crippen molar-refractivity contribution in [3.05, 3.63) is 54.4 Å². The second-order valence-corrected chi connectivity index (χ2v) is 5.51. The molecule has 140 valence electrons. The van der Waals surface area contributed by atoms with Gasteiger partial charge in [-0.3, -0.25) is 4.79 Å². The van der Waals surface area contributed by atoms with E-state index in [4.69, 9.17) is 14.2 Å². The van der Waals surface area contributed by atoms with E-state index in [0.29, 0.717) is 22.9 Å². The van der Waals surface area contributed by atoms with Crippen LogP contribution in [0, 0.1) is 0 Å². The van der Waals surface area contributed by atoms with Crippen molar-refractivity contribution in [1.82, 2.24) is 20.2 Å². The van der Waals surface area contributed by atoms with Crippen molar-refractivity contribution in [2.75, 3.05) is 26.6 Å². The summed E-state index contributed by atoms with van der Waals surface area (Å²) in [6.07, 6.45) is 1.40. The molecule has 3 rings (SSSR count). The maximum absolute atomic E-state index is 13.0. The average Bonchev–Trinajstić information content (AvgIpc) is 3.22. The number of benzene rings is 2. The predicted molar refractivity (Wildman–Crippen MR) is 97.1 cm³/mol. The van der Waals surface area contributed by atoms with Crippen LogP contribution in [0.5, 0.6) is 17.2 Å². The molecule has 0 spiro atoms. The molecule has 1 unspecified atom stereocenters. The Bertz CT molecular complexity index is 874. The first-order valence-electron chi connectivity index (χ1n) is 8.06. The smallest absolute Gasteiger partial charge is 0.253 e. The van der Waals surface area contributed by atoms with E-state index in [2.05, 4.69) is 20.8 Å². The zero-order chi connectivity index (χ0) is 19.2. The third-order valence-electron chi connectivity index (χ3n) is 3.93. The standard InChI is InChI=1S/C18H19N5O4/c1-25-14-9-13(10-15(26-2)17(14)27-3)20-18(24)16(23-11-19-21-22-23)12-7-5-4-6-8-12/h4-11,16H,1-3H3,(H,20,24). The minimum absolute atomic E-state index is 0.317. The van der Waals surface area contributed by atoms with Gasteiger partial charge in [0, 0.05) is 17.8 Å². The Kier molecular flexibility index (Phi) is 5.50. The van der Waals surface area contributed by atoms with Gasteiger partial charge in [0.25, 0.3) is 5.91 Å². The summed E-state index contributed by atoms with van der Waals surface area (Å²) in [4.78, 5) is 13.0. The predicted octanol–water partition coefficient (Wildman–Crippen LogP) is 1.93. The van der Waals surface area contributed by atoms with Crippen LogP contribution in [0.3, 0.4) is 0 Å². The fourth-order valence-electron chi connectivity index (χ4n) is 2.71. The lowest BCUT2D eigenvalue weighted by molar-refractivity contribution is -0.118. The molecule has 1 aromatic heterocycles. The number of carbonyl (C=O) groups is 1. The minimum atomic E-state index is -0.736. The number of anilines is 1. The lowest BCUT2D eigenvalue weighted by Gasteiger charge is -2.18. The number of aromatic nitrogens is 4. The zero-order valence-corrected chi connectivity index (χ0v) is 15.1. The normalized spacial score (nSPS) is 11.5. The van der Waals surface area contributed by atoms with Crippen LogP contribution in [0.2, 0.25) is 0 Å². The lowest BCUT2D eigenvalue weighted by Crippen LogP contribution is -2.27. The van der Waals surface area contributed by atoms with E-state index in [9.17, 15) is 4.79 Å². The maximum Gasteiger partial charge on any atom is 0.253 e. The summed E-state index contributed by atoms with van der Waals surface area (Å²) < 4.78 is 17.3. The molecule has 0 fully saturated rings. The van der Waals surface area contributed by atoms with E-state index in [0.717, 1.165) is 5.56 Å². The quantitative estimate of drug-likeness (QED) is 0.679. The highest BCUT2D eigenvalue weighted by Gasteiger charge is 2.25. The number of rotatable bonds is 7. The third-order valence-corrected chi connectivity index (χ3v) is 3.93. The summed E-state index contributed by atoms with van der Waals surface area (Å²) in [5.41, 5.74) is 1.23. The largest absolute Gasteiger partial charge is 0.493 e. The van der Waals surface area contributed by atoms with Crippen molar-refractivity contribution in [2.24, 2.45) is 0 Å². The second kappa shape index (κ2) is 8.17. The molecule has 0 aliphatic rings. The Morgan fingerprint density at radius 3 is 2.22 bits per heavy atom. The molecular formula is C18H19N5O4. The van der Waals surface area contributed by atoms with Crippen LogP contribution in [0.4, 0.5) is 5.69 Å². The highest BCUT2D eigenvalue weighted by atomic mass is 16.5. The Hall–Kier alpha value is -3.62. The van der Waals surface area contributed by atoms with E-state index in [-0.39, 0.29) is 5.91 Å². The van der Waals surface area contributed by atoms with Crippen LogP contribution in [0.25, 0.3) is 0 Å². The van der Waals surface area contributed by atoms with Gasteiger partial charge in [0.05, 0.1) is 21.3 Å². The van der Waals surface area contributed by atoms with E-state index in [1.165, 1.54) is 32.3 Å². The summed E-state index contributed by atoms with van der Waals surface area (Å²) in [6, 6.07) is 11.8. The average molecular weight is 369 g/mol. The summed E-state index contributed by atoms with van der Waals surface area (Å²) in [5.74, 6) is 0.998. The molecule has 1 amide bonds. The number of nitrogens with zero attached hydrogens (tertiary/aromatic N) is 4. The van der Waals surface area contributed by atoms with Crippen LogP contribution < -0.4 is 19.5 Å². The molecule has 9 heteroatoms. The molecule has 1 N–H and O–H groups in total. The van der Waals surface area contributed by atoms with Crippen LogP contribution in [-0.2, 0) is 4.79 Å². The topological polar surface area (TPSA) is 100 Å². The van der Waals surface area contributed by atoms with Crippen molar-refractivity contribution >= 4 is 11.6 Å². The van der Waals surface area contributed by atoms with Crippen LogP contribution >= 0.6 is 0 Å². The first-order valence-corrected chi connectivity index (χ1v) is 8.06. The number of tetrazole rings is 1. The number of amides is 1. The molecule has 1 heterocycles. The Balaban J connectivity index is 1.95. The van der Waals surface area contributed by atoms with Crippen molar-refractivity contribution in [3.8, 4) is 17.2 Å². The molecule has 0 aliphatic heterocycles. The van der Waals surface area contributed by atoms with E-state index in [1.807, 2.05) is 30.3 Å². The number of carbonyl (C=O) groups excluding carboxylic acids is 1. The third kappa shape index (κ3) is 3.81. The number of nitrogens with one attached hydrogen (secondary N) is 1. The molecule has 0 bridgehead atoms. The highest BCUT2D eigenvalue weighted by Crippen LogP contribution is 2.40. The summed E-state index contributed by atoms with van der Waals surface area (Å²) in [6.45, 7) is 0. The first kappa shape index (κ1) is 18.2. The fraction of sp³-hybridized carbons (Fsp3) is 0.222. The van der Waals surface area contributed by atoms with Gasteiger partial charge in [-0.15, -0.1) is 5.10 Å². The molecular weight excluding hydrogens is 350 g/mol. The van der Waals surface area contributed by atoms with Gasteiger partial charge in [-0.25, -0.2) is 4.68 Å². The van der Waals surface area contributed by atoms with Crippen molar-refractivity contribution < 1.29 is 19.0 Å². The van der Waals surface area contributed by atoms with Crippen molar-refractivity contribution in [3.63, 3.8) is 0 Å². The zero-order valence-electron chi connectivity index (χ0n) is 15.1. The molecule has 0 radical (unpaired) electrons. The SMILES string of the molecule is COc1cc(NC(=O)C(c2ccccc2)n2cnnn2)cc(OC)c1OC. The van der Waals surface area contributed by atoms with Gasteiger partial charge in [-0.1, -0.05) is 30.3 Å². The van der Waals surface area contributed by atoms with Gasteiger partial charge in [-0.05, 0) is 16.0 Å². The Morgan fingerprint density at radius 2 is 1.70 bits per heavy atom. The van der Waals surface area contributed by atoms with Crippen LogP contribution in [0.1, 0.15) is 11.6 Å². The fourth-order valence-corrected chi connectivity index (χ4v) is 2.71. The van der Waals surface area contributed by atoms with Gasteiger partial charge in [0.15, 0.2) is 17.5 Å². The van der Waals surface area contributed by atoms with Crippen LogP contribution in [-0.4, -0.2) is 47.4 Å². The first-order chi connectivity index (χ1) is 13.2. The number of hydrogen-bond donors (Lipinski definition) is 1. The summed E-state index contributed by atoms with van der Waals surface area (Å²) in [7, 11) is 4.54. The Morgan fingerprint density at radius 1 is 1.04 bits per heavy atom. The summed E-state index contributed by atoms with van der Waals surface area (Å²) >= 11 is 0. The van der Waals surface area contributed by atoms with Gasteiger partial charge in [0.1, 0.15) is 6.33 Å². The molecule has 1 atom stereocenters. The number of ether oxygens (including phenoxy) is 3. The molecule has 0 aliphatic carbocycles. The lowest BCUT2D eigenvalue weighted by atomic mass is 10.1. The van der Waals surface area contributed by atoms with E-state index >= 15 is 0 Å². The van der Waals surface area contributed by atoms with Crippen molar-refractivity contribution in [1.29, 1.82) is 0 Å². The van der Waals surface area contributed by atoms with Gasteiger partial charge in [-0.2, -0.15) is 0 Å². The minimum Gasteiger partial charge on any atom is -0.493 e. The Labute approximate surface area is 155 Å². The van der Waals surface area contributed by atoms with Gasteiger partial charge in [0.2, 0.25) is 5.75 Å². The molecule has 3 aromatic rings. The molecule has 0 saturated carbocycles. The summed E-state index contributed by atoms with van der Waals surface area (Å²) in [5, 5.41) is 14.0. The van der Waals surface area contributed by atoms with E-state index in [1.54, 1.807) is 12.1 Å². The van der Waals surface area contributed by atoms with Crippen LogP contribution in [0.15, 0.2) is 48.8 Å². The van der Waals surface area contributed by atoms with Gasteiger partial charge < -0.3 is 19.5 Å². The van der Waals surface area contributed by atoms with Crippen molar-refractivity contribution in [2.45, 2.75) is 6.04 Å². The maximum atomic E-state index is 13.0. The van der Waals surface area contributed by atoms with E-state index < -0.39 is 6.04 Å². The number of hydrogen-bond acceptors (Lipinski definition) is 7. The monoisotopic (exact) mass is 369 g/mol. The molecule has 27 heavy (non-hydrogen) atoms. The molecule has 2 aromatic carbocycles.